The van der Waals surface area contributed by atoms with Gasteiger partial charge in [0.1, 0.15) is 0 Å². The van der Waals surface area contributed by atoms with Crippen LogP contribution in [-0.2, 0) is 13.1 Å². The number of hydrogen-bond acceptors (Lipinski definition) is 2. The first-order valence-corrected chi connectivity index (χ1v) is 7.71. The fourth-order valence-corrected chi connectivity index (χ4v) is 2.06. The van der Waals surface area contributed by atoms with E-state index in [1.54, 1.807) is 6.20 Å². The molecule has 0 saturated heterocycles. The Morgan fingerprint density at radius 2 is 2.00 bits per heavy atom. The summed E-state index contributed by atoms with van der Waals surface area (Å²) in [4.78, 5) is 8.41. The van der Waals surface area contributed by atoms with Gasteiger partial charge in [0.05, 0.1) is 12.9 Å². The van der Waals surface area contributed by atoms with Crippen LogP contribution in [0.15, 0.2) is 48.0 Å². The van der Waals surface area contributed by atoms with Crippen molar-refractivity contribution in [2.45, 2.75) is 33.4 Å². The Hall–Kier alpha value is -2.30. The molecule has 5 heteroatoms. The van der Waals surface area contributed by atoms with Crippen LogP contribution in [0.5, 0.6) is 0 Å². The second kappa shape index (κ2) is 8.22. The van der Waals surface area contributed by atoms with E-state index in [4.69, 9.17) is 5.73 Å². The van der Waals surface area contributed by atoms with Gasteiger partial charge < -0.3 is 15.6 Å². The van der Waals surface area contributed by atoms with Crippen LogP contribution in [0.25, 0.3) is 0 Å². The van der Waals surface area contributed by atoms with Crippen molar-refractivity contribution in [3.05, 3.63) is 54.1 Å². The first-order chi connectivity index (χ1) is 10.6. The van der Waals surface area contributed by atoms with Crippen molar-refractivity contribution in [1.29, 1.82) is 0 Å². The average Bonchev–Trinajstić information content (AvgIpc) is 2.99. The number of guanidine groups is 1. The quantitative estimate of drug-likeness (QED) is 0.609. The first kappa shape index (κ1) is 16.1. The van der Waals surface area contributed by atoms with E-state index in [9.17, 15) is 0 Å². The van der Waals surface area contributed by atoms with Gasteiger partial charge in [-0.15, -0.1) is 0 Å². The summed E-state index contributed by atoms with van der Waals surface area (Å²) in [6.07, 6.45) is 6.67. The third-order valence-corrected chi connectivity index (χ3v) is 3.41. The van der Waals surface area contributed by atoms with E-state index in [0.29, 0.717) is 18.4 Å². The van der Waals surface area contributed by atoms with Crippen molar-refractivity contribution in [1.82, 2.24) is 14.9 Å². The summed E-state index contributed by atoms with van der Waals surface area (Å²) < 4.78 is 2.05. The van der Waals surface area contributed by atoms with Crippen molar-refractivity contribution in [2.75, 3.05) is 6.54 Å². The molecule has 22 heavy (non-hydrogen) atoms. The topological polar surface area (TPSA) is 68.2 Å². The van der Waals surface area contributed by atoms with E-state index in [2.05, 4.69) is 53.4 Å². The van der Waals surface area contributed by atoms with Crippen LogP contribution >= 0.6 is 0 Å². The second-order valence-corrected chi connectivity index (χ2v) is 5.86. The van der Waals surface area contributed by atoms with Gasteiger partial charge in [0.15, 0.2) is 5.96 Å². The molecule has 0 aliphatic heterocycles. The van der Waals surface area contributed by atoms with Gasteiger partial charge in [-0.3, -0.25) is 0 Å². The molecule has 0 unspecified atom stereocenters. The van der Waals surface area contributed by atoms with Crippen molar-refractivity contribution < 1.29 is 0 Å². The molecule has 118 valence electrons. The molecule has 0 aliphatic carbocycles. The number of nitrogens with two attached hydrogens (primary N) is 1. The molecule has 0 aliphatic rings. The number of nitrogens with zero attached hydrogens (tertiary/aromatic N) is 3. The maximum atomic E-state index is 5.86. The average molecular weight is 299 g/mol. The summed E-state index contributed by atoms with van der Waals surface area (Å²) in [6, 6.07) is 8.43. The van der Waals surface area contributed by atoms with Crippen LogP contribution in [0.2, 0.25) is 0 Å². The van der Waals surface area contributed by atoms with Gasteiger partial charge in [-0.25, -0.2) is 9.98 Å². The fourth-order valence-electron chi connectivity index (χ4n) is 2.06. The normalized spacial score (nSPS) is 11.9. The Labute approximate surface area is 132 Å². The number of aromatic nitrogens is 2. The number of hydrogen-bond donors (Lipinski definition) is 2. The van der Waals surface area contributed by atoms with Crippen molar-refractivity contribution in [2.24, 2.45) is 16.6 Å². The molecule has 0 atom stereocenters. The van der Waals surface area contributed by atoms with Crippen LogP contribution in [0.3, 0.4) is 0 Å². The minimum atomic E-state index is 0.517. The van der Waals surface area contributed by atoms with Gasteiger partial charge in [0.2, 0.25) is 0 Å². The maximum Gasteiger partial charge on any atom is 0.188 e. The monoisotopic (exact) mass is 299 g/mol. The Morgan fingerprint density at radius 1 is 1.27 bits per heavy atom. The van der Waals surface area contributed by atoms with Crippen molar-refractivity contribution >= 4 is 5.96 Å². The molecular formula is C17H25N5. The van der Waals surface area contributed by atoms with E-state index in [1.807, 2.05) is 17.1 Å². The lowest BCUT2D eigenvalue weighted by Crippen LogP contribution is -2.32. The first-order valence-electron chi connectivity index (χ1n) is 7.71. The number of rotatable bonds is 7. The molecule has 0 radical (unpaired) electrons. The molecule has 1 aromatic heterocycles. The molecule has 0 fully saturated rings. The zero-order valence-electron chi connectivity index (χ0n) is 13.4. The maximum absolute atomic E-state index is 5.86. The van der Waals surface area contributed by atoms with E-state index < -0.39 is 0 Å². The fraction of sp³-hybridized carbons (Fsp3) is 0.412. The number of imidazole rings is 1. The predicted molar refractivity (Wildman–Crippen MR) is 90.6 cm³/mol. The second-order valence-electron chi connectivity index (χ2n) is 5.86. The molecule has 0 saturated carbocycles. The summed E-state index contributed by atoms with van der Waals surface area (Å²) in [5, 5.41) is 3.14. The minimum absolute atomic E-state index is 0.517. The smallest absolute Gasteiger partial charge is 0.188 e. The molecule has 0 amide bonds. The van der Waals surface area contributed by atoms with Crippen LogP contribution < -0.4 is 11.1 Å². The van der Waals surface area contributed by atoms with Gasteiger partial charge in [-0.2, -0.15) is 0 Å². The SMILES string of the molecule is CC(C)CCNC(N)=NCc1ccc(Cn2ccnc2)cc1. The number of benzene rings is 1. The molecule has 1 aromatic carbocycles. The van der Waals surface area contributed by atoms with E-state index in [0.717, 1.165) is 25.1 Å². The lowest BCUT2D eigenvalue weighted by atomic mass is 10.1. The van der Waals surface area contributed by atoms with Gasteiger partial charge in [0, 0.05) is 25.5 Å². The van der Waals surface area contributed by atoms with Gasteiger partial charge >= 0.3 is 0 Å². The molecule has 5 nitrogen and oxygen atoms in total. The number of aliphatic imine (C=N–C) groups is 1. The highest BCUT2D eigenvalue weighted by Crippen LogP contribution is 2.07. The molecule has 2 aromatic rings. The lowest BCUT2D eigenvalue weighted by Gasteiger charge is -2.08. The third-order valence-electron chi connectivity index (χ3n) is 3.41. The molecule has 1 heterocycles. The largest absolute Gasteiger partial charge is 0.370 e. The van der Waals surface area contributed by atoms with E-state index in [1.165, 1.54) is 5.56 Å². The number of nitrogens with one attached hydrogen (secondary N) is 1. The molecule has 2 rings (SSSR count). The van der Waals surface area contributed by atoms with Crippen molar-refractivity contribution in [3.8, 4) is 0 Å². The Kier molecular flexibility index (Phi) is 6.01. The third kappa shape index (κ3) is 5.60. The highest BCUT2D eigenvalue weighted by Gasteiger charge is 1.98. The van der Waals surface area contributed by atoms with Gasteiger partial charge in [-0.1, -0.05) is 38.1 Å². The Morgan fingerprint density at radius 3 is 2.64 bits per heavy atom. The van der Waals surface area contributed by atoms with Crippen LogP contribution in [0.4, 0.5) is 0 Å². The van der Waals surface area contributed by atoms with Crippen LogP contribution in [0, 0.1) is 5.92 Å². The lowest BCUT2D eigenvalue weighted by molar-refractivity contribution is 0.576. The molecule has 0 bridgehead atoms. The van der Waals surface area contributed by atoms with E-state index in [-0.39, 0.29) is 0 Å². The summed E-state index contributed by atoms with van der Waals surface area (Å²) in [6.45, 7) is 6.70. The van der Waals surface area contributed by atoms with Crippen LogP contribution in [-0.4, -0.2) is 22.1 Å². The van der Waals surface area contributed by atoms with Gasteiger partial charge in [-0.05, 0) is 23.5 Å². The van der Waals surface area contributed by atoms with Crippen molar-refractivity contribution in [3.63, 3.8) is 0 Å². The zero-order valence-corrected chi connectivity index (χ0v) is 13.4. The van der Waals surface area contributed by atoms with Gasteiger partial charge in [0.25, 0.3) is 0 Å². The minimum Gasteiger partial charge on any atom is -0.370 e. The molecule has 3 N–H and O–H groups in total. The Bertz CT molecular complexity index is 570. The highest BCUT2D eigenvalue weighted by atomic mass is 15.1. The standard InChI is InChI=1S/C17H25N5/c1-14(2)7-8-20-17(18)21-11-15-3-5-16(6-4-15)12-22-10-9-19-13-22/h3-6,9-10,13-14H,7-8,11-12H2,1-2H3,(H3,18,20,21). The van der Waals surface area contributed by atoms with Crippen LogP contribution in [0.1, 0.15) is 31.4 Å². The zero-order chi connectivity index (χ0) is 15.8. The summed E-state index contributed by atoms with van der Waals surface area (Å²) in [7, 11) is 0. The predicted octanol–water partition coefficient (Wildman–Crippen LogP) is 2.38. The Balaban J connectivity index is 1.80. The molecular weight excluding hydrogens is 274 g/mol. The summed E-state index contributed by atoms with van der Waals surface area (Å²) in [5.74, 6) is 1.19. The summed E-state index contributed by atoms with van der Waals surface area (Å²) >= 11 is 0. The van der Waals surface area contributed by atoms with E-state index >= 15 is 0 Å². The highest BCUT2D eigenvalue weighted by molar-refractivity contribution is 5.77. The molecule has 0 spiro atoms. The summed E-state index contributed by atoms with van der Waals surface area (Å²) in [5.41, 5.74) is 8.26.